The van der Waals surface area contributed by atoms with Crippen LogP contribution in [-0.2, 0) is 14.8 Å². The molecule has 2 heterocycles. The highest BCUT2D eigenvalue weighted by atomic mass is 35.5. The van der Waals surface area contributed by atoms with Crippen molar-refractivity contribution in [2.75, 3.05) is 10.9 Å². The first-order chi connectivity index (χ1) is 15.7. The molecule has 0 fully saturated rings. The summed E-state index contributed by atoms with van der Waals surface area (Å²) >= 11 is 6.28. The van der Waals surface area contributed by atoms with E-state index in [4.69, 9.17) is 22.1 Å². The van der Waals surface area contributed by atoms with Gasteiger partial charge in [0.05, 0.1) is 28.8 Å². The third-order valence-corrected chi connectivity index (χ3v) is 7.23. The zero-order valence-corrected chi connectivity index (χ0v) is 19.4. The van der Waals surface area contributed by atoms with Gasteiger partial charge in [0.1, 0.15) is 5.75 Å². The number of aromatic nitrogens is 1. The summed E-state index contributed by atoms with van der Waals surface area (Å²) in [5, 5.41) is -0.289. The molecule has 3 aromatic rings. The van der Waals surface area contributed by atoms with E-state index in [1.54, 1.807) is 44.2 Å². The first-order valence-electron chi connectivity index (χ1n) is 10.0. The lowest BCUT2D eigenvalue weighted by Gasteiger charge is -2.18. The first-order valence-corrected chi connectivity index (χ1v) is 11.9. The molecule has 2 N–H and O–H groups in total. The number of ether oxygens (including phenoxy) is 1. The summed E-state index contributed by atoms with van der Waals surface area (Å²) in [6, 6.07) is 12.4. The van der Waals surface area contributed by atoms with E-state index in [9.17, 15) is 18.0 Å². The number of aryl methyl sites for hydroxylation is 1. The molecule has 0 bridgehead atoms. The van der Waals surface area contributed by atoms with Crippen LogP contribution in [0, 0.1) is 6.92 Å². The van der Waals surface area contributed by atoms with Crippen LogP contribution in [0.2, 0.25) is 5.02 Å². The summed E-state index contributed by atoms with van der Waals surface area (Å²) in [6.45, 7) is 3.87. The number of amides is 2. The Kier molecular flexibility index (Phi) is 5.85. The maximum Gasteiger partial charge on any atom is 0.288 e. The van der Waals surface area contributed by atoms with Crippen LogP contribution >= 0.6 is 11.6 Å². The minimum atomic E-state index is -4.40. The fourth-order valence-corrected chi connectivity index (χ4v) is 5.54. The molecule has 1 aliphatic rings. The van der Waals surface area contributed by atoms with Crippen molar-refractivity contribution >= 4 is 39.1 Å². The zero-order chi connectivity index (χ0) is 23.9. The average molecular weight is 486 g/mol. The van der Waals surface area contributed by atoms with Crippen LogP contribution in [0.3, 0.4) is 0 Å². The predicted octanol–water partition coefficient (Wildman–Crippen LogP) is 3.41. The second-order valence-corrected chi connectivity index (χ2v) is 9.55. The number of nitrogens with two attached hydrogens (primary N) is 1. The molecular weight excluding hydrogens is 466 g/mol. The molecule has 2 aromatic carbocycles. The van der Waals surface area contributed by atoms with E-state index in [-0.39, 0.29) is 26.9 Å². The van der Waals surface area contributed by atoms with Crippen molar-refractivity contribution in [3.8, 4) is 5.75 Å². The Balaban J connectivity index is 2.01. The maximum absolute atomic E-state index is 13.8. The summed E-state index contributed by atoms with van der Waals surface area (Å²) in [5.74, 6) is -2.46. The van der Waals surface area contributed by atoms with Gasteiger partial charge in [-0.3, -0.25) is 9.59 Å². The molecule has 1 aliphatic heterocycles. The van der Waals surface area contributed by atoms with Gasteiger partial charge in [0.2, 0.25) is 0 Å². The van der Waals surface area contributed by atoms with E-state index in [2.05, 4.69) is 4.98 Å². The number of carbonyl (C=O) groups is 2. The smallest absolute Gasteiger partial charge is 0.288 e. The molecule has 2 amide bonds. The van der Waals surface area contributed by atoms with Crippen LogP contribution in [0.4, 0.5) is 5.69 Å². The fraction of sp³-hybridized carbons (Fsp3) is 0.174. The molecule has 170 valence electrons. The number of nitrogens with zero attached hydrogens (tertiary/aromatic N) is 2. The van der Waals surface area contributed by atoms with Crippen LogP contribution in [0.15, 0.2) is 59.8 Å². The molecule has 1 unspecified atom stereocenters. The van der Waals surface area contributed by atoms with Crippen LogP contribution in [0.25, 0.3) is 0 Å². The lowest BCUT2D eigenvalue weighted by molar-refractivity contribution is -0.117. The highest BCUT2D eigenvalue weighted by molar-refractivity contribution is 7.93. The van der Waals surface area contributed by atoms with Crippen molar-refractivity contribution in [3.05, 3.63) is 82.0 Å². The van der Waals surface area contributed by atoms with Crippen molar-refractivity contribution in [1.29, 1.82) is 0 Å². The molecule has 0 saturated heterocycles. The third kappa shape index (κ3) is 3.73. The van der Waals surface area contributed by atoms with Crippen LogP contribution in [-0.4, -0.2) is 31.8 Å². The normalized spacial score (nSPS) is 15.4. The van der Waals surface area contributed by atoms with Gasteiger partial charge in [0.25, 0.3) is 21.8 Å². The SMILES string of the molecule is CCOc1ccccc1C1C(=O)N(S(=O)(=O)c2ccc(C)cn2)c2ccc(Cl)c(C(N)=O)c21. The topological polar surface area (TPSA) is 120 Å². The van der Waals surface area contributed by atoms with E-state index < -0.39 is 27.8 Å². The molecule has 10 heteroatoms. The minimum absolute atomic E-state index is 0.00289. The summed E-state index contributed by atoms with van der Waals surface area (Å²) in [6.07, 6.45) is 1.40. The Morgan fingerprint density at radius 3 is 2.55 bits per heavy atom. The summed E-state index contributed by atoms with van der Waals surface area (Å²) in [4.78, 5) is 30.1. The molecule has 0 radical (unpaired) electrons. The van der Waals surface area contributed by atoms with E-state index in [1.807, 2.05) is 0 Å². The Hall–Kier alpha value is -3.43. The zero-order valence-electron chi connectivity index (χ0n) is 17.8. The molecule has 4 rings (SSSR count). The van der Waals surface area contributed by atoms with Crippen LogP contribution in [0.1, 0.15) is 39.9 Å². The number of fused-ring (bicyclic) bond motifs is 1. The maximum atomic E-state index is 13.8. The molecule has 33 heavy (non-hydrogen) atoms. The number of hydrogen-bond donors (Lipinski definition) is 1. The summed E-state index contributed by atoms with van der Waals surface area (Å²) < 4.78 is 33.4. The van der Waals surface area contributed by atoms with Crippen LogP contribution < -0.4 is 14.8 Å². The van der Waals surface area contributed by atoms with Crippen LogP contribution in [0.5, 0.6) is 5.75 Å². The lowest BCUT2D eigenvalue weighted by atomic mass is 9.88. The molecule has 8 nitrogen and oxygen atoms in total. The predicted molar refractivity (Wildman–Crippen MR) is 123 cm³/mol. The number of benzene rings is 2. The summed E-state index contributed by atoms with van der Waals surface area (Å²) in [7, 11) is -4.40. The molecule has 0 aliphatic carbocycles. The third-order valence-electron chi connectivity index (χ3n) is 5.29. The first kappa shape index (κ1) is 22.8. The van der Waals surface area contributed by atoms with Crippen molar-refractivity contribution in [3.63, 3.8) is 0 Å². The van der Waals surface area contributed by atoms with E-state index in [0.29, 0.717) is 22.2 Å². The number of rotatable bonds is 6. The van der Waals surface area contributed by atoms with Gasteiger partial charge in [-0.05, 0) is 43.7 Å². The number of para-hydroxylation sites is 1. The number of sulfonamides is 1. The number of primary amides is 1. The van der Waals surface area contributed by atoms with Gasteiger partial charge in [-0.25, -0.2) is 9.29 Å². The molecule has 0 saturated carbocycles. The standard InChI is InChI=1S/C23H20ClN3O5S/c1-3-32-17-7-5-4-6-14(17)19-21-16(10-9-15(24)20(21)22(25)28)27(23(19)29)33(30,31)18-11-8-13(2)12-26-18/h4-12,19H,3H2,1-2H3,(H2,25,28). The summed E-state index contributed by atoms with van der Waals surface area (Å²) in [5.41, 5.74) is 6.75. The monoisotopic (exact) mass is 485 g/mol. The van der Waals surface area contributed by atoms with Crippen molar-refractivity contribution in [2.24, 2.45) is 5.73 Å². The van der Waals surface area contributed by atoms with Crippen molar-refractivity contribution < 1.29 is 22.7 Å². The van der Waals surface area contributed by atoms with Gasteiger partial charge in [0, 0.05) is 17.3 Å². The Bertz CT molecular complexity index is 1370. The quantitative estimate of drug-likeness (QED) is 0.571. The minimum Gasteiger partial charge on any atom is -0.494 e. The number of anilines is 1. The van der Waals surface area contributed by atoms with E-state index >= 15 is 0 Å². The van der Waals surface area contributed by atoms with Gasteiger partial charge in [0.15, 0.2) is 5.03 Å². The number of pyridine rings is 1. The number of carbonyl (C=O) groups excluding carboxylic acids is 2. The second-order valence-electron chi connectivity index (χ2n) is 7.40. The molecule has 0 spiro atoms. The average Bonchev–Trinajstić information content (AvgIpc) is 3.06. The van der Waals surface area contributed by atoms with Gasteiger partial charge in [-0.1, -0.05) is 35.9 Å². The molecule has 1 aromatic heterocycles. The largest absolute Gasteiger partial charge is 0.494 e. The fourth-order valence-electron chi connectivity index (χ4n) is 3.90. The van der Waals surface area contributed by atoms with Crippen molar-refractivity contribution in [2.45, 2.75) is 24.8 Å². The van der Waals surface area contributed by atoms with E-state index in [0.717, 1.165) is 5.56 Å². The van der Waals surface area contributed by atoms with Gasteiger partial charge < -0.3 is 10.5 Å². The lowest BCUT2D eigenvalue weighted by Crippen LogP contribution is -2.36. The van der Waals surface area contributed by atoms with Gasteiger partial charge in [-0.15, -0.1) is 0 Å². The highest BCUT2D eigenvalue weighted by Crippen LogP contribution is 2.48. The van der Waals surface area contributed by atoms with E-state index in [1.165, 1.54) is 24.4 Å². The Morgan fingerprint density at radius 2 is 1.91 bits per heavy atom. The van der Waals surface area contributed by atoms with Crippen molar-refractivity contribution in [1.82, 2.24) is 4.98 Å². The number of hydrogen-bond acceptors (Lipinski definition) is 6. The van der Waals surface area contributed by atoms with Gasteiger partial charge in [-0.2, -0.15) is 8.42 Å². The number of halogens is 1. The molecule has 1 atom stereocenters. The highest BCUT2D eigenvalue weighted by Gasteiger charge is 2.48. The van der Waals surface area contributed by atoms with Gasteiger partial charge >= 0.3 is 0 Å². The second kappa shape index (κ2) is 8.49. The Labute approximate surface area is 196 Å². The molecular formula is C23H20ClN3O5S. The Morgan fingerprint density at radius 1 is 1.18 bits per heavy atom.